The molecule has 72 valence electrons. The van der Waals surface area contributed by atoms with E-state index in [-0.39, 0.29) is 0 Å². The minimum absolute atomic E-state index is 0.301. The smallest absolute Gasteiger partial charge is 0.120 e. The van der Waals surface area contributed by atoms with Crippen LogP contribution in [0.4, 0.5) is 0 Å². The van der Waals surface area contributed by atoms with Gasteiger partial charge in [-0.1, -0.05) is 0 Å². The molecule has 1 atom stereocenters. The molecule has 1 aromatic heterocycles. The molecule has 14 heavy (non-hydrogen) atoms. The number of H-pyrrole nitrogens is 1. The number of rotatable bonds is 3. The summed E-state index contributed by atoms with van der Waals surface area (Å²) in [6, 6.07) is 5.87. The number of fused-ring (bicyclic) bond motifs is 1. The lowest BCUT2D eigenvalue weighted by atomic mass is 10.2. The fraction of sp³-hybridized carbons (Fsp3) is 0.300. The Bertz CT molecular complexity index is 448. The van der Waals surface area contributed by atoms with Gasteiger partial charge in [-0.2, -0.15) is 5.10 Å². The number of nitrogens with one attached hydrogen (secondary N) is 1. The molecule has 1 aliphatic heterocycles. The number of hydrogen-bond donors (Lipinski definition) is 1. The van der Waals surface area contributed by atoms with Crippen molar-refractivity contribution >= 4 is 10.9 Å². The Labute approximate surface area is 80.8 Å². The zero-order chi connectivity index (χ0) is 9.38. The second-order valence-corrected chi connectivity index (χ2v) is 3.39. The summed E-state index contributed by atoms with van der Waals surface area (Å²) in [5, 5.41) is 7.91. The highest BCUT2D eigenvalue weighted by molar-refractivity contribution is 5.79. The van der Waals surface area contributed by atoms with E-state index in [0.717, 1.165) is 23.3 Å². The van der Waals surface area contributed by atoms with Crippen molar-refractivity contribution in [3.8, 4) is 5.75 Å². The van der Waals surface area contributed by atoms with Crippen LogP contribution in [0.25, 0.3) is 10.9 Å². The number of hydrogen-bond acceptors (Lipinski definition) is 3. The molecular formula is C10H10N2O2. The predicted octanol–water partition coefficient (Wildman–Crippen LogP) is 1.34. The van der Waals surface area contributed by atoms with Crippen LogP contribution in [0.15, 0.2) is 24.4 Å². The third-order valence-corrected chi connectivity index (χ3v) is 2.25. The van der Waals surface area contributed by atoms with Gasteiger partial charge in [0.2, 0.25) is 0 Å². The predicted molar refractivity (Wildman–Crippen MR) is 51.3 cm³/mol. The zero-order valence-corrected chi connectivity index (χ0v) is 7.56. The summed E-state index contributed by atoms with van der Waals surface area (Å²) >= 11 is 0. The molecule has 3 rings (SSSR count). The Hall–Kier alpha value is -1.55. The lowest BCUT2D eigenvalue weighted by Gasteiger charge is -2.02. The second kappa shape index (κ2) is 2.99. The van der Waals surface area contributed by atoms with Crippen molar-refractivity contribution in [3.63, 3.8) is 0 Å². The van der Waals surface area contributed by atoms with Gasteiger partial charge in [-0.15, -0.1) is 0 Å². The van der Waals surface area contributed by atoms with Crippen LogP contribution in [-0.2, 0) is 4.74 Å². The van der Waals surface area contributed by atoms with Crippen LogP contribution >= 0.6 is 0 Å². The van der Waals surface area contributed by atoms with E-state index in [1.165, 1.54) is 0 Å². The topological polar surface area (TPSA) is 50.4 Å². The largest absolute Gasteiger partial charge is 0.491 e. The molecule has 0 radical (unpaired) electrons. The van der Waals surface area contributed by atoms with Crippen molar-refractivity contribution in [2.75, 3.05) is 13.2 Å². The van der Waals surface area contributed by atoms with Crippen molar-refractivity contribution in [3.05, 3.63) is 24.4 Å². The number of epoxide rings is 1. The summed E-state index contributed by atoms with van der Waals surface area (Å²) in [6.45, 7) is 1.47. The number of aromatic amines is 1. The molecule has 0 aliphatic carbocycles. The average molecular weight is 190 g/mol. The van der Waals surface area contributed by atoms with Crippen LogP contribution in [0, 0.1) is 0 Å². The maximum Gasteiger partial charge on any atom is 0.120 e. The highest BCUT2D eigenvalue weighted by Gasteiger charge is 2.22. The van der Waals surface area contributed by atoms with Crippen LogP contribution in [0.1, 0.15) is 0 Å². The van der Waals surface area contributed by atoms with Gasteiger partial charge in [0.25, 0.3) is 0 Å². The van der Waals surface area contributed by atoms with Gasteiger partial charge in [0.15, 0.2) is 0 Å². The van der Waals surface area contributed by atoms with Gasteiger partial charge in [-0.25, -0.2) is 0 Å². The fourth-order valence-electron chi connectivity index (χ4n) is 1.36. The van der Waals surface area contributed by atoms with Gasteiger partial charge in [-0.3, -0.25) is 5.10 Å². The van der Waals surface area contributed by atoms with E-state index < -0.39 is 0 Å². The molecule has 0 bridgehead atoms. The number of ether oxygens (including phenoxy) is 2. The molecule has 1 aliphatic rings. The Kier molecular flexibility index (Phi) is 1.67. The zero-order valence-electron chi connectivity index (χ0n) is 7.56. The molecule has 2 heterocycles. The van der Waals surface area contributed by atoms with E-state index >= 15 is 0 Å². The molecular weight excluding hydrogens is 180 g/mol. The highest BCUT2D eigenvalue weighted by atomic mass is 16.6. The Balaban J connectivity index is 1.81. The van der Waals surface area contributed by atoms with Crippen LogP contribution < -0.4 is 4.74 Å². The minimum atomic E-state index is 0.301. The SMILES string of the molecule is c1cc2[nH]ncc2cc1OC[C@@H]1CO1. The van der Waals surface area contributed by atoms with Crippen molar-refractivity contribution < 1.29 is 9.47 Å². The summed E-state index contributed by atoms with van der Waals surface area (Å²) in [5.41, 5.74) is 1.03. The first-order valence-electron chi connectivity index (χ1n) is 4.59. The third-order valence-electron chi connectivity index (χ3n) is 2.25. The van der Waals surface area contributed by atoms with Gasteiger partial charge in [-0.05, 0) is 18.2 Å². The molecule has 0 spiro atoms. The summed E-state index contributed by atoms with van der Waals surface area (Å²) < 4.78 is 10.6. The van der Waals surface area contributed by atoms with Gasteiger partial charge in [0.1, 0.15) is 18.5 Å². The average Bonchev–Trinajstić information content (AvgIpc) is 2.92. The first kappa shape index (κ1) is 7.82. The summed E-state index contributed by atoms with van der Waals surface area (Å²) in [5.74, 6) is 0.870. The first-order chi connectivity index (χ1) is 6.92. The molecule has 0 amide bonds. The van der Waals surface area contributed by atoms with Crippen molar-refractivity contribution in [2.45, 2.75) is 6.10 Å². The molecule has 1 aromatic carbocycles. The normalized spacial score (nSPS) is 19.9. The summed E-state index contributed by atoms with van der Waals surface area (Å²) in [6.07, 6.45) is 2.09. The molecule has 0 saturated carbocycles. The van der Waals surface area contributed by atoms with E-state index in [4.69, 9.17) is 9.47 Å². The Morgan fingerprint density at radius 1 is 1.57 bits per heavy atom. The second-order valence-electron chi connectivity index (χ2n) is 3.39. The minimum Gasteiger partial charge on any atom is -0.491 e. The number of aromatic nitrogens is 2. The fourth-order valence-corrected chi connectivity index (χ4v) is 1.36. The number of benzene rings is 1. The van der Waals surface area contributed by atoms with E-state index in [0.29, 0.717) is 12.7 Å². The van der Waals surface area contributed by atoms with Crippen LogP contribution in [-0.4, -0.2) is 29.5 Å². The molecule has 1 fully saturated rings. The number of nitrogens with zero attached hydrogens (tertiary/aromatic N) is 1. The maximum atomic E-state index is 5.54. The molecule has 4 heteroatoms. The van der Waals surface area contributed by atoms with Crippen LogP contribution in [0.5, 0.6) is 5.75 Å². The lowest BCUT2D eigenvalue weighted by Crippen LogP contribution is -2.03. The van der Waals surface area contributed by atoms with E-state index in [2.05, 4.69) is 10.2 Å². The van der Waals surface area contributed by atoms with E-state index in [9.17, 15) is 0 Å². The monoisotopic (exact) mass is 190 g/mol. The quantitative estimate of drug-likeness (QED) is 0.743. The van der Waals surface area contributed by atoms with Gasteiger partial charge in [0.05, 0.1) is 18.3 Å². The van der Waals surface area contributed by atoms with Crippen molar-refractivity contribution in [1.82, 2.24) is 10.2 Å². The van der Waals surface area contributed by atoms with Crippen molar-refractivity contribution in [1.29, 1.82) is 0 Å². The van der Waals surface area contributed by atoms with Crippen LogP contribution in [0.2, 0.25) is 0 Å². The molecule has 0 unspecified atom stereocenters. The molecule has 1 saturated heterocycles. The Morgan fingerprint density at radius 2 is 2.50 bits per heavy atom. The molecule has 1 N–H and O–H groups in total. The van der Waals surface area contributed by atoms with Crippen molar-refractivity contribution in [2.24, 2.45) is 0 Å². The highest BCUT2D eigenvalue weighted by Crippen LogP contribution is 2.20. The molecule has 4 nitrogen and oxygen atoms in total. The van der Waals surface area contributed by atoms with Gasteiger partial charge in [0, 0.05) is 5.39 Å². The summed E-state index contributed by atoms with van der Waals surface area (Å²) in [7, 11) is 0. The standard InChI is InChI=1S/C10H10N2O2/c1-2-10-7(4-11-12-10)3-8(1)13-5-9-6-14-9/h1-4,9H,5-6H2,(H,11,12)/t9-/m1/s1. The first-order valence-corrected chi connectivity index (χ1v) is 4.59. The third kappa shape index (κ3) is 1.44. The van der Waals surface area contributed by atoms with E-state index in [1.54, 1.807) is 6.20 Å². The van der Waals surface area contributed by atoms with E-state index in [1.807, 2.05) is 18.2 Å². The lowest BCUT2D eigenvalue weighted by molar-refractivity contribution is 0.263. The Morgan fingerprint density at radius 3 is 3.36 bits per heavy atom. The molecule has 2 aromatic rings. The maximum absolute atomic E-state index is 5.54. The van der Waals surface area contributed by atoms with Gasteiger partial charge >= 0.3 is 0 Å². The van der Waals surface area contributed by atoms with Gasteiger partial charge < -0.3 is 9.47 Å². The summed E-state index contributed by atoms with van der Waals surface area (Å²) in [4.78, 5) is 0. The van der Waals surface area contributed by atoms with Crippen LogP contribution in [0.3, 0.4) is 0 Å².